The third-order valence-corrected chi connectivity index (χ3v) is 4.35. The van der Waals surface area contributed by atoms with E-state index in [4.69, 9.17) is 4.74 Å². The van der Waals surface area contributed by atoms with Gasteiger partial charge in [-0.05, 0) is 38.0 Å². The highest BCUT2D eigenvalue weighted by Gasteiger charge is 2.24. The zero-order valence-electron chi connectivity index (χ0n) is 15.4. The van der Waals surface area contributed by atoms with Crippen LogP contribution >= 0.6 is 0 Å². The number of carbonyl (C=O) groups excluding carboxylic acids is 1. The Morgan fingerprint density at radius 3 is 2.65 bits per heavy atom. The van der Waals surface area contributed by atoms with Crippen molar-refractivity contribution in [3.8, 4) is 5.75 Å². The minimum absolute atomic E-state index is 0.0578. The van der Waals surface area contributed by atoms with E-state index in [0.29, 0.717) is 11.4 Å². The molecule has 1 aliphatic heterocycles. The van der Waals surface area contributed by atoms with Crippen LogP contribution in [0.1, 0.15) is 25.8 Å². The summed E-state index contributed by atoms with van der Waals surface area (Å²) in [6, 6.07) is 17.9. The van der Waals surface area contributed by atoms with Gasteiger partial charge in [0.2, 0.25) is 0 Å². The Morgan fingerprint density at radius 1 is 1.15 bits per heavy atom. The molecule has 1 saturated heterocycles. The Labute approximate surface area is 155 Å². The molecule has 3 rings (SSSR count). The second-order valence-electron chi connectivity index (χ2n) is 6.97. The number of para-hydroxylation sites is 2. The Balaban J connectivity index is 1.50. The van der Waals surface area contributed by atoms with Gasteiger partial charge in [0.1, 0.15) is 5.75 Å². The van der Waals surface area contributed by atoms with Gasteiger partial charge in [-0.3, -0.25) is 4.90 Å². The lowest BCUT2D eigenvalue weighted by atomic mass is 10.2. The molecule has 5 heteroatoms. The highest BCUT2D eigenvalue weighted by molar-refractivity contribution is 5.91. The van der Waals surface area contributed by atoms with Crippen molar-refractivity contribution < 1.29 is 9.53 Å². The molecule has 2 N–H and O–H groups in total. The Hall–Kier alpha value is -2.53. The minimum atomic E-state index is -0.184. The van der Waals surface area contributed by atoms with E-state index in [2.05, 4.69) is 39.8 Å². The number of carbonyl (C=O) groups is 1. The molecular formula is C21H27N3O2. The van der Waals surface area contributed by atoms with Crippen molar-refractivity contribution in [3.63, 3.8) is 0 Å². The third kappa shape index (κ3) is 5.23. The molecule has 0 spiro atoms. The van der Waals surface area contributed by atoms with E-state index in [-0.39, 0.29) is 18.2 Å². The molecule has 1 fully saturated rings. The molecule has 0 bridgehead atoms. The van der Waals surface area contributed by atoms with E-state index in [1.165, 1.54) is 5.56 Å². The van der Waals surface area contributed by atoms with Gasteiger partial charge in [-0.1, -0.05) is 42.5 Å². The van der Waals surface area contributed by atoms with Crippen LogP contribution in [0.2, 0.25) is 0 Å². The average molecular weight is 353 g/mol. The van der Waals surface area contributed by atoms with Gasteiger partial charge in [-0.25, -0.2) is 4.79 Å². The number of benzene rings is 2. The van der Waals surface area contributed by atoms with Crippen LogP contribution in [0.5, 0.6) is 5.75 Å². The van der Waals surface area contributed by atoms with Crippen molar-refractivity contribution in [3.05, 3.63) is 60.2 Å². The van der Waals surface area contributed by atoms with Crippen LogP contribution in [0, 0.1) is 0 Å². The van der Waals surface area contributed by atoms with Crippen LogP contribution < -0.4 is 15.4 Å². The molecule has 0 unspecified atom stereocenters. The number of nitrogens with zero attached hydrogens (tertiary/aromatic N) is 1. The summed E-state index contributed by atoms with van der Waals surface area (Å²) in [5.41, 5.74) is 2.00. The van der Waals surface area contributed by atoms with E-state index in [1.807, 2.05) is 44.2 Å². The lowest BCUT2D eigenvalue weighted by molar-refractivity contribution is 0.240. The molecule has 2 amide bonds. The van der Waals surface area contributed by atoms with Gasteiger partial charge in [0.25, 0.3) is 0 Å². The lowest BCUT2D eigenvalue weighted by Gasteiger charge is -2.18. The van der Waals surface area contributed by atoms with E-state index in [0.717, 1.165) is 26.1 Å². The average Bonchev–Trinajstić information content (AvgIpc) is 3.04. The summed E-state index contributed by atoms with van der Waals surface area (Å²) in [4.78, 5) is 14.7. The quantitative estimate of drug-likeness (QED) is 0.829. The van der Waals surface area contributed by atoms with Crippen molar-refractivity contribution in [1.29, 1.82) is 0 Å². The second-order valence-corrected chi connectivity index (χ2v) is 6.97. The lowest BCUT2D eigenvalue weighted by Crippen LogP contribution is -2.39. The number of anilines is 1. The molecule has 1 aliphatic rings. The number of hydrogen-bond donors (Lipinski definition) is 2. The van der Waals surface area contributed by atoms with Crippen molar-refractivity contribution >= 4 is 11.7 Å². The molecular weight excluding hydrogens is 326 g/mol. The van der Waals surface area contributed by atoms with Crippen molar-refractivity contribution in [1.82, 2.24) is 10.2 Å². The number of nitrogens with one attached hydrogen (secondary N) is 2. The zero-order valence-corrected chi connectivity index (χ0v) is 15.4. The fraction of sp³-hybridized carbons (Fsp3) is 0.381. The largest absolute Gasteiger partial charge is 0.489 e. The maximum Gasteiger partial charge on any atom is 0.319 e. The molecule has 2 aromatic carbocycles. The number of likely N-dealkylation sites (tertiary alicyclic amines) is 1. The smallest absolute Gasteiger partial charge is 0.319 e. The van der Waals surface area contributed by atoms with Gasteiger partial charge in [0, 0.05) is 25.7 Å². The summed E-state index contributed by atoms with van der Waals surface area (Å²) in [7, 11) is 0. The Kier molecular flexibility index (Phi) is 6.12. The number of hydrogen-bond acceptors (Lipinski definition) is 3. The molecule has 0 saturated carbocycles. The van der Waals surface area contributed by atoms with Gasteiger partial charge >= 0.3 is 6.03 Å². The predicted octanol–water partition coefficient (Wildman–Crippen LogP) is 3.87. The minimum Gasteiger partial charge on any atom is -0.489 e. The van der Waals surface area contributed by atoms with E-state index < -0.39 is 0 Å². The summed E-state index contributed by atoms with van der Waals surface area (Å²) in [6.45, 7) is 6.72. The molecule has 5 nitrogen and oxygen atoms in total. The number of amides is 2. The van der Waals surface area contributed by atoms with Gasteiger partial charge in [-0.2, -0.15) is 0 Å². The van der Waals surface area contributed by atoms with Crippen LogP contribution in [-0.4, -0.2) is 36.2 Å². The molecule has 1 heterocycles. The summed E-state index contributed by atoms with van der Waals surface area (Å²) >= 11 is 0. The fourth-order valence-electron chi connectivity index (χ4n) is 3.21. The highest BCUT2D eigenvalue weighted by atomic mass is 16.5. The first-order valence-electron chi connectivity index (χ1n) is 9.19. The van der Waals surface area contributed by atoms with E-state index >= 15 is 0 Å². The van der Waals surface area contributed by atoms with Crippen LogP contribution in [0.25, 0.3) is 0 Å². The van der Waals surface area contributed by atoms with Crippen LogP contribution in [-0.2, 0) is 6.54 Å². The summed E-state index contributed by atoms with van der Waals surface area (Å²) < 4.78 is 5.75. The molecule has 138 valence electrons. The van der Waals surface area contributed by atoms with Crippen LogP contribution in [0.3, 0.4) is 0 Å². The summed E-state index contributed by atoms with van der Waals surface area (Å²) in [6.07, 6.45) is 1.02. The number of urea groups is 1. The fourth-order valence-corrected chi connectivity index (χ4v) is 3.21. The second kappa shape index (κ2) is 8.72. The van der Waals surface area contributed by atoms with Crippen molar-refractivity contribution in [2.24, 2.45) is 0 Å². The molecule has 0 aromatic heterocycles. The Morgan fingerprint density at radius 2 is 1.88 bits per heavy atom. The van der Waals surface area contributed by atoms with Crippen molar-refractivity contribution in [2.45, 2.75) is 39.0 Å². The van der Waals surface area contributed by atoms with Gasteiger partial charge in [0.05, 0.1) is 11.8 Å². The predicted molar refractivity (Wildman–Crippen MR) is 104 cm³/mol. The maximum absolute atomic E-state index is 12.4. The topological polar surface area (TPSA) is 53.6 Å². The van der Waals surface area contributed by atoms with Crippen LogP contribution in [0.15, 0.2) is 54.6 Å². The van der Waals surface area contributed by atoms with E-state index in [1.54, 1.807) is 0 Å². The zero-order chi connectivity index (χ0) is 18.4. The first-order chi connectivity index (χ1) is 12.6. The van der Waals surface area contributed by atoms with Gasteiger partial charge in [0.15, 0.2) is 0 Å². The van der Waals surface area contributed by atoms with Gasteiger partial charge in [-0.15, -0.1) is 0 Å². The molecule has 26 heavy (non-hydrogen) atoms. The summed E-state index contributed by atoms with van der Waals surface area (Å²) in [5.74, 6) is 0.690. The summed E-state index contributed by atoms with van der Waals surface area (Å²) in [5, 5.41) is 5.99. The first kappa shape index (κ1) is 18.3. The molecule has 2 aromatic rings. The molecule has 0 aliphatic carbocycles. The van der Waals surface area contributed by atoms with Gasteiger partial charge < -0.3 is 15.4 Å². The standard InChI is InChI=1S/C21H27N3O2/c1-16(2)26-20-11-7-6-10-19(20)23-21(25)22-18-12-13-24(15-18)14-17-8-4-3-5-9-17/h3-11,16,18H,12-15H2,1-2H3,(H2,22,23,25)/t18-/m1/s1. The Bertz CT molecular complexity index is 718. The first-order valence-corrected chi connectivity index (χ1v) is 9.19. The van der Waals surface area contributed by atoms with Crippen molar-refractivity contribution in [2.75, 3.05) is 18.4 Å². The maximum atomic E-state index is 12.4. The van der Waals surface area contributed by atoms with E-state index in [9.17, 15) is 4.79 Å². The number of ether oxygens (including phenoxy) is 1. The SMILES string of the molecule is CC(C)Oc1ccccc1NC(=O)N[C@@H]1CCN(Cc2ccccc2)C1. The third-order valence-electron chi connectivity index (χ3n) is 4.35. The molecule has 1 atom stereocenters. The van der Waals surface area contributed by atoms with Crippen LogP contribution in [0.4, 0.5) is 10.5 Å². The molecule has 0 radical (unpaired) electrons. The number of rotatable bonds is 6. The monoisotopic (exact) mass is 353 g/mol. The highest BCUT2D eigenvalue weighted by Crippen LogP contribution is 2.24. The normalized spacial score (nSPS) is 17.3.